The maximum Gasteiger partial charge on any atom is 0.472 e. The topological polar surface area (TPSA) is 308 Å². The third kappa shape index (κ3) is 23.4. The average molecular weight is 737 g/mol. The van der Waals surface area contributed by atoms with Gasteiger partial charge in [0.2, 0.25) is 0 Å². The van der Waals surface area contributed by atoms with Gasteiger partial charge in [0.25, 0.3) is 0 Å². The van der Waals surface area contributed by atoms with Crippen molar-refractivity contribution in [2.24, 2.45) is 22.9 Å². The first-order valence-corrected chi connectivity index (χ1v) is 20.7. The molecule has 0 aromatic carbocycles. The van der Waals surface area contributed by atoms with Crippen molar-refractivity contribution in [2.45, 2.75) is 183 Å². The minimum absolute atomic E-state index is 0.536. The van der Waals surface area contributed by atoms with Gasteiger partial charge in [-0.05, 0) is 51.4 Å². The van der Waals surface area contributed by atoms with Crippen molar-refractivity contribution in [3.8, 4) is 0 Å². The molecule has 288 valence electrons. The summed E-state index contributed by atoms with van der Waals surface area (Å²) in [7, 11) is -9.95. The number of aliphatic hydroxyl groups is 3. The van der Waals surface area contributed by atoms with Gasteiger partial charge in [-0.25, -0.2) is 9.13 Å². The summed E-state index contributed by atoms with van der Waals surface area (Å²) in [6.07, 6.45) is 17.3. The average Bonchev–Trinajstić information content (AvgIpc) is 3.02. The normalized spacial score (nSPS) is 29.8. The Bertz CT molecular complexity index is 827. The maximum atomic E-state index is 10.6. The Morgan fingerprint density at radius 1 is 0.500 bits per heavy atom. The summed E-state index contributed by atoms with van der Waals surface area (Å²) in [6.45, 7) is -0.907. The molecule has 1 aliphatic heterocycles. The fraction of sp³-hybridized carbons (Fsp3) is 1.00. The van der Waals surface area contributed by atoms with Crippen LogP contribution in [0.5, 0.6) is 0 Å². The van der Waals surface area contributed by atoms with Gasteiger partial charge in [-0.3, -0.25) is 9.05 Å². The van der Waals surface area contributed by atoms with E-state index in [0.29, 0.717) is 24.2 Å². The predicted molar refractivity (Wildman–Crippen MR) is 182 cm³/mol. The lowest BCUT2D eigenvalue weighted by Crippen LogP contribution is -2.59. The molecule has 0 amide bonds. The first-order chi connectivity index (χ1) is 22.5. The fourth-order valence-electron chi connectivity index (χ4n) is 5.98. The minimum atomic E-state index is -5.07. The highest BCUT2D eigenvalue weighted by Gasteiger charge is 2.47. The molecule has 1 heterocycles. The van der Waals surface area contributed by atoms with Gasteiger partial charge in [0.15, 0.2) is 6.29 Å². The summed E-state index contributed by atoms with van der Waals surface area (Å²) >= 11 is 0. The lowest BCUT2D eigenvalue weighted by Gasteiger charge is -2.39. The predicted octanol–water partition coefficient (Wildman–Crippen LogP) is 2.12. The van der Waals surface area contributed by atoms with Crippen molar-refractivity contribution in [1.29, 1.82) is 0 Å². The van der Waals surface area contributed by atoms with Crippen LogP contribution >= 0.6 is 15.6 Å². The lowest BCUT2D eigenvalue weighted by atomic mass is 9.97. The number of ether oxygens (including phenoxy) is 1. The van der Waals surface area contributed by atoms with E-state index in [0.717, 1.165) is 0 Å². The first-order valence-electron chi connectivity index (χ1n) is 17.6. The summed E-state index contributed by atoms with van der Waals surface area (Å²) in [5.41, 5.74) is 22.5. The molecule has 5 aliphatic rings. The molecule has 0 aromatic rings. The van der Waals surface area contributed by atoms with Crippen molar-refractivity contribution < 1.29 is 57.8 Å². The van der Waals surface area contributed by atoms with Crippen LogP contribution in [0.1, 0.15) is 128 Å². The molecule has 1 saturated heterocycles. The minimum Gasteiger partial charge on any atom is -0.387 e. The molecule has 0 radical (unpaired) electrons. The molecule has 0 aromatic heterocycles. The van der Waals surface area contributed by atoms with E-state index in [9.17, 15) is 24.4 Å². The molecule has 16 nitrogen and oxygen atoms in total. The highest BCUT2D eigenvalue weighted by molar-refractivity contribution is 7.46. The number of phosphoric acid groups is 2. The SMILES string of the molecule is NC1CCCCC1.NC1CCCCC1.NC1CCCCC1.NC1CCCCC1.O=P(O)(O)OC[C@H]1O[C@@H](OP(=O)(O)O)[C@H](O)[C@@H](O)[C@@H]1O. The Hall–Kier alpha value is -0.100. The van der Waals surface area contributed by atoms with Crippen LogP contribution in [-0.4, -0.2) is 96.4 Å². The molecule has 0 spiro atoms. The quantitative estimate of drug-likeness (QED) is 0.180. The largest absolute Gasteiger partial charge is 0.472 e. The van der Waals surface area contributed by atoms with Crippen LogP contribution in [0.3, 0.4) is 0 Å². The van der Waals surface area contributed by atoms with Crippen LogP contribution in [-0.2, 0) is 22.9 Å². The van der Waals surface area contributed by atoms with Crippen LogP contribution in [0.4, 0.5) is 0 Å². The molecular formula is C30H66N4O12P2. The van der Waals surface area contributed by atoms with E-state index in [1.807, 2.05) is 0 Å². The Kier molecular flexibility index (Phi) is 23.9. The van der Waals surface area contributed by atoms with Gasteiger partial charge in [0.1, 0.15) is 24.4 Å². The van der Waals surface area contributed by atoms with E-state index in [-0.39, 0.29) is 0 Å². The molecule has 4 saturated carbocycles. The molecule has 5 rings (SSSR count). The Morgan fingerprint density at radius 2 is 0.812 bits per heavy atom. The van der Waals surface area contributed by atoms with Crippen LogP contribution < -0.4 is 22.9 Å². The summed E-state index contributed by atoms with van der Waals surface area (Å²) in [5, 5.41) is 28.4. The van der Waals surface area contributed by atoms with Crippen molar-refractivity contribution in [2.75, 3.05) is 6.61 Å². The van der Waals surface area contributed by atoms with Crippen LogP contribution in [0, 0.1) is 0 Å². The Balaban J connectivity index is 0.000000335. The van der Waals surface area contributed by atoms with E-state index in [1.54, 1.807) is 0 Å². The zero-order chi connectivity index (χ0) is 36.2. The number of nitrogens with two attached hydrogens (primary N) is 4. The highest BCUT2D eigenvalue weighted by Crippen LogP contribution is 2.41. The molecular weight excluding hydrogens is 670 g/mol. The summed E-state index contributed by atoms with van der Waals surface area (Å²) in [4.78, 5) is 34.1. The molecule has 0 unspecified atom stereocenters. The van der Waals surface area contributed by atoms with Crippen LogP contribution in [0.25, 0.3) is 0 Å². The summed E-state index contributed by atoms with van der Waals surface area (Å²) in [6, 6.07) is 2.14. The van der Waals surface area contributed by atoms with Crippen molar-refractivity contribution >= 4 is 15.6 Å². The molecule has 5 atom stereocenters. The smallest absolute Gasteiger partial charge is 0.387 e. The summed E-state index contributed by atoms with van der Waals surface area (Å²) in [5.74, 6) is 0. The third-order valence-electron chi connectivity index (χ3n) is 8.92. The molecule has 4 aliphatic carbocycles. The number of hydrogen-bond acceptors (Lipinski definition) is 12. The standard InChI is InChI=1S/4C6H13N.C6H14O12P2/c4*7-6-4-2-1-3-5-6;7-3-2(1-16-19(10,11)12)17-6(5(9)4(3)8)18-20(13,14)15/h4*6H,1-5,7H2;2-9H,1H2,(H2,10,11,12)(H2,13,14,15)/t;;;;2-,3-,4+,5-,6+/m....1/s1. The monoisotopic (exact) mass is 736 g/mol. The zero-order valence-corrected chi connectivity index (χ0v) is 30.2. The van der Waals surface area contributed by atoms with E-state index in [2.05, 4.69) is 9.05 Å². The van der Waals surface area contributed by atoms with E-state index in [4.69, 9.17) is 47.2 Å². The van der Waals surface area contributed by atoms with Crippen LogP contribution in [0.2, 0.25) is 0 Å². The second-order valence-electron chi connectivity index (χ2n) is 13.5. The van der Waals surface area contributed by atoms with E-state index < -0.39 is 53.0 Å². The molecule has 15 N–H and O–H groups in total. The highest BCUT2D eigenvalue weighted by atomic mass is 31.2. The number of phosphoric ester groups is 2. The van der Waals surface area contributed by atoms with Gasteiger partial charge in [-0.2, -0.15) is 0 Å². The second kappa shape index (κ2) is 25.0. The molecule has 0 bridgehead atoms. The van der Waals surface area contributed by atoms with Gasteiger partial charge in [0, 0.05) is 24.2 Å². The number of rotatable bonds is 5. The van der Waals surface area contributed by atoms with Gasteiger partial charge in [-0.15, -0.1) is 0 Å². The number of hydrogen-bond donors (Lipinski definition) is 11. The Labute approximate surface area is 286 Å². The zero-order valence-electron chi connectivity index (χ0n) is 28.4. The molecule has 5 fully saturated rings. The molecule has 18 heteroatoms. The van der Waals surface area contributed by atoms with Gasteiger partial charge in [-0.1, -0.05) is 77.0 Å². The van der Waals surface area contributed by atoms with Gasteiger partial charge in [0.05, 0.1) is 6.61 Å². The third-order valence-corrected chi connectivity index (χ3v) is 9.88. The van der Waals surface area contributed by atoms with Crippen molar-refractivity contribution in [3.63, 3.8) is 0 Å². The Morgan fingerprint density at radius 3 is 1.04 bits per heavy atom. The lowest BCUT2D eigenvalue weighted by molar-refractivity contribution is -0.279. The van der Waals surface area contributed by atoms with Gasteiger partial charge >= 0.3 is 15.6 Å². The van der Waals surface area contributed by atoms with E-state index in [1.165, 1.54) is 128 Å². The van der Waals surface area contributed by atoms with Crippen molar-refractivity contribution in [1.82, 2.24) is 0 Å². The van der Waals surface area contributed by atoms with Crippen LogP contribution in [0.15, 0.2) is 0 Å². The fourth-order valence-corrected chi connectivity index (χ4v) is 6.77. The second-order valence-corrected chi connectivity index (χ2v) is 15.9. The number of aliphatic hydroxyl groups excluding tert-OH is 3. The van der Waals surface area contributed by atoms with Crippen molar-refractivity contribution in [3.05, 3.63) is 0 Å². The maximum absolute atomic E-state index is 10.6. The first kappa shape index (κ1) is 45.9. The summed E-state index contributed by atoms with van der Waals surface area (Å²) < 4.78 is 33.9. The van der Waals surface area contributed by atoms with Gasteiger partial charge < -0.3 is 62.6 Å². The molecule has 48 heavy (non-hydrogen) atoms. The van der Waals surface area contributed by atoms with E-state index >= 15 is 0 Å².